The maximum Gasteiger partial charge on any atom is 0.272 e. The van der Waals surface area contributed by atoms with E-state index in [2.05, 4.69) is 20.6 Å². The Labute approximate surface area is 246 Å². The van der Waals surface area contributed by atoms with Crippen LogP contribution in [-0.2, 0) is 19.2 Å². The zero-order chi connectivity index (χ0) is 31.5. The van der Waals surface area contributed by atoms with Crippen molar-refractivity contribution in [3.63, 3.8) is 0 Å². The summed E-state index contributed by atoms with van der Waals surface area (Å²) in [5.74, 6) is -4.84. The topological polar surface area (TPSA) is 141 Å². The van der Waals surface area contributed by atoms with Gasteiger partial charge in [0.1, 0.15) is 17.7 Å². The molecule has 2 heterocycles. The number of para-hydroxylation sites is 1. The summed E-state index contributed by atoms with van der Waals surface area (Å²) in [6.45, 7) is 6.17. The van der Waals surface area contributed by atoms with Gasteiger partial charge in [0.15, 0.2) is 11.9 Å². The van der Waals surface area contributed by atoms with Crippen LogP contribution in [0.3, 0.4) is 0 Å². The Morgan fingerprint density at radius 2 is 1.72 bits per heavy atom. The minimum atomic E-state index is -2.10. The molecule has 3 atom stereocenters. The first-order valence-corrected chi connectivity index (χ1v) is 13.4. The number of benzodiazepines with no additional fused rings is 1. The third-order valence-corrected chi connectivity index (χ3v) is 6.79. The molecule has 3 amide bonds. The number of halogens is 2. The lowest BCUT2D eigenvalue weighted by atomic mass is 9.90. The van der Waals surface area contributed by atoms with Gasteiger partial charge < -0.3 is 20.6 Å². The Morgan fingerprint density at radius 3 is 2.40 bits per heavy atom. The van der Waals surface area contributed by atoms with Crippen molar-refractivity contribution in [2.24, 2.45) is 10.4 Å². The standard InChI is InChI=1S/C31H31F2N5O5/c1-17(35-29(42)26(40)20-15-18(32)12-13-21(20)33)28(41)37-27-30(43)38(16-24(39)31(2,3)4)23-11-6-5-9-19(23)25(36-27)22-10-7-8-14-34-22/h5-15,17,26-27,40H,16H2,1-4H3,(H,35,42)(H,37,41)/t17-,26?,27?/m0/s1. The van der Waals surface area contributed by atoms with Crippen LogP contribution in [0.5, 0.6) is 0 Å². The first kappa shape index (κ1) is 31.1. The number of aliphatic hydroxyl groups excluding tert-OH is 1. The minimum Gasteiger partial charge on any atom is -0.378 e. The number of aromatic nitrogens is 1. The van der Waals surface area contributed by atoms with Crippen LogP contribution < -0.4 is 15.5 Å². The van der Waals surface area contributed by atoms with E-state index in [0.29, 0.717) is 23.0 Å². The molecule has 224 valence electrons. The van der Waals surface area contributed by atoms with Gasteiger partial charge in [-0.3, -0.25) is 24.2 Å². The van der Waals surface area contributed by atoms with Gasteiger partial charge in [0.2, 0.25) is 12.1 Å². The molecular formula is C31H31F2N5O5. The molecule has 1 aliphatic rings. The van der Waals surface area contributed by atoms with Crippen molar-refractivity contribution in [2.45, 2.75) is 46.0 Å². The molecule has 1 aromatic heterocycles. The fraction of sp³-hybridized carbons (Fsp3) is 0.290. The van der Waals surface area contributed by atoms with Gasteiger partial charge in [0, 0.05) is 22.7 Å². The summed E-state index contributed by atoms with van der Waals surface area (Å²) in [4.78, 5) is 63.0. The van der Waals surface area contributed by atoms with Gasteiger partial charge in [-0.05, 0) is 43.3 Å². The van der Waals surface area contributed by atoms with E-state index >= 15 is 0 Å². The average Bonchev–Trinajstić information content (AvgIpc) is 3.08. The van der Waals surface area contributed by atoms with E-state index in [1.54, 1.807) is 69.4 Å². The number of hydrogen-bond donors (Lipinski definition) is 3. The summed E-state index contributed by atoms with van der Waals surface area (Å²) < 4.78 is 27.7. The third kappa shape index (κ3) is 6.97. The summed E-state index contributed by atoms with van der Waals surface area (Å²) in [5, 5.41) is 15.0. The summed E-state index contributed by atoms with van der Waals surface area (Å²) in [6, 6.07) is 12.9. The average molecular weight is 592 g/mol. The van der Waals surface area contributed by atoms with Gasteiger partial charge in [-0.25, -0.2) is 13.8 Å². The third-order valence-electron chi connectivity index (χ3n) is 6.79. The Hall–Kier alpha value is -4.84. The number of nitrogens with zero attached hydrogens (tertiary/aromatic N) is 3. The van der Waals surface area contributed by atoms with Crippen molar-refractivity contribution < 1.29 is 33.1 Å². The largest absolute Gasteiger partial charge is 0.378 e. The molecular weight excluding hydrogens is 560 g/mol. The quantitative estimate of drug-likeness (QED) is 0.368. The van der Waals surface area contributed by atoms with Crippen LogP contribution in [0.25, 0.3) is 0 Å². The van der Waals surface area contributed by atoms with E-state index in [4.69, 9.17) is 0 Å². The lowest BCUT2D eigenvalue weighted by Crippen LogP contribution is -2.54. The van der Waals surface area contributed by atoms with Gasteiger partial charge >= 0.3 is 0 Å². The number of nitrogens with one attached hydrogen (secondary N) is 2. The monoisotopic (exact) mass is 591 g/mol. The second-order valence-electron chi connectivity index (χ2n) is 11.0. The Bertz CT molecular complexity index is 1590. The van der Waals surface area contributed by atoms with Gasteiger partial charge in [0.05, 0.1) is 23.6 Å². The van der Waals surface area contributed by atoms with Crippen LogP contribution in [0.15, 0.2) is 71.9 Å². The van der Waals surface area contributed by atoms with E-state index < -0.39 is 58.6 Å². The number of aliphatic imine (C=N–C) groups is 1. The Morgan fingerprint density at radius 1 is 1.02 bits per heavy atom. The smallest absolute Gasteiger partial charge is 0.272 e. The van der Waals surface area contributed by atoms with Gasteiger partial charge in [0.25, 0.3) is 11.8 Å². The number of benzene rings is 2. The minimum absolute atomic E-state index is 0.235. The summed E-state index contributed by atoms with van der Waals surface area (Å²) >= 11 is 0. The molecule has 1 aliphatic heterocycles. The SMILES string of the molecule is C[C@H](NC(=O)C(O)c1cc(F)ccc1F)C(=O)NC1N=C(c2ccccn2)c2ccccc2N(CC(=O)C(C)(C)C)C1=O. The van der Waals surface area contributed by atoms with Crippen LogP contribution in [0, 0.1) is 17.0 Å². The maximum atomic E-state index is 14.1. The fourth-order valence-corrected chi connectivity index (χ4v) is 4.26. The number of anilines is 1. The number of fused-ring (bicyclic) bond motifs is 1. The summed E-state index contributed by atoms with van der Waals surface area (Å²) in [5.41, 5.74) is 0.223. The lowest BCUT2D eigenvalue weighted by Gasteiger charge is -2.28. The highest BCUT2D eigenvalue weighted by molar-refractivity contribution is 6.20. The first-order valence-electron chi connectivity index (χ1n) is 13.4. The van der Waals surface area contributed by atoms with Crippen LogP contribution in [0.2, 0.25) is 0 Å². The van der Waals surface area contributed by atoms with Crippen LogP contribution >= 0.6 is 0 Å². The van der Waals surface area contributed by atoms with E-state index in [0.717, 1.165) is 12.1 Å². The predicted octanol–water partition coefficient (Wildman–Crippen LogP) is 2.84. The normalized spacial score (nSPS) is 16.3. The maximum absolute atomic E-state index is 14.1. The van der Waals surface area contributed by atoms with Gasteiger partial charge in [-0.2, -0.15) is 0 Å². The van der Waals surface area contributed by atoms with Crippen molar-refractivity contribution >= 4 is 34.9 Å². The molecule has 0 aliphatic carbocycles. The van der Waals surface area contributed by atoms with E-state index in [1.807, 2.05) is 0 Å². The second-order valence-corrected chi connectivity index (χ2v) is 11.0. The molecule has 0 saturated heterocycles. The second kappa shape index (κ2) is 12.6. The van der Waals surface area contributed by atoms with Crippen molar-refractivity contribution in [3.05, 3.63) is 95.3 Å². The molecule has 4 rings (SSSR count). The highest BCUT2D eigenvalue weighted by Gasteiger charge is 2.37. The molecule has 0 fully saturated rings. The van der Waals surface area contributed by atoms with Gasteiger partial charge in [-0.15, -0.1) is 0 Å². The van der Waals surface area contributed by atoms with E-state index in [1.165, 1.54) is 11.8 Å². The number of aliphatic hydroxyl groups is 1. The number of carbonyl (C=O) groups is 4. The Kier molecular flexibility index (Phi) is 9.10. The number of hydrogen-bond acceptors (Lipinski definition) is 7. The first-order chi connectivity index (χ1) is 20.3. The number of carbonyl (C=O) groups excluding carboxylic acids is 4. The number of rotatable bonds is 8. The molecule has 0 radical (unpaired) electrons. The van der Waals surface area contributed by atoms with Crippen molar-refractivity contribution in [1.82, 2.24) is 15.6 Å². The molecule has 43 heavy (non-hydrogen) atoms. The molecule has 12 heteroatoms. The molecule has 0 saturated carbocycles. The van der Waals surface area contributed by atoms with E-state index in [-0.39, 0.29) is 18.0 Å². The van der Waals surface area contributed by atoms with Crippen molar-refractivity contribution in [1.29, 1.82) is 0 Å². The van der Waals surface area contributed by atoms with E-state index in [9.17, 15) is 33.1 Å². The molecule has 0 spiro atoms. The number of pyridine rings is 1. The summed E-state index contributed by atoms with van der Waals surface area (Å²) in [6.07, 6.45) is -2.09. The highest BCUT2D eigenvalue weighted by Crippen LogP contribution is 2.29. The van der Waals surface area contributed by atoms with Crippen LogP contribution in [-0.4, -0.2) is 58.1 Å². The molecule has 0 bridgehead atoms. The zero-order valence-corrected chi connectivity index (χ0v) is 24.0. The molecule has 3 aromatic rings. The van der Waals surface area contributed by atoms with Crippen molar-refractivity contribution in [2.75, 3.05) is 11.4 Å². The lowest BCUT2D eigenvalue weighted by molar-refractivity contribution is -0.135. The number of Topliss-reactive ketones (excluding diaryl/α,β-unsaturated/α-hetero) is 1. The number of ketones is 1. The van der Waals surface area contributed by atoms with Crippen LogP contribution in [0.4, 0.5) is 14.5 Å². The molecule has 2 unspecified atom stereocenters. The van der Waals surface area contributed by atoms with Gasteiger partial charge in [-0.1, -0.05) is 45.0 Å². The summed E-state index contributed by atoms with van der Waals surface area (Å²) in [7, 11) is 0. The predicted molar refractivity (Wildman–Crippen MR) is 154 cm³/mol. The fourth-order valence-electron chi connectivity index (χ4n) is 4.26. The van der Waals surface area contributed by atoms with Crippen molar-refractivity contribution in [3.8, 4) is 0 Å². The molecule has 10 nitrogen and oxygen atoms in total. The number of amides is 3. The highest BCUT2D eigenvalue weighted by atomic mass is 19.1. The Balaban J connectivity index is 1.65. The van der Waals surface area contributed by atoms with Crippen LogP contribution in [0.1, 0.15) is 50.6 Å². The molecule has 3 N–H and O–H groups in total. The molecule has 2 aromatic carbocycles. The zero-order valence-electron chi connectivity index (χ0n) is 24.0.